The predicted molar refractivity (Wildman–Crippen MR) is 78.3 cm³/mol. The molecular weight excluding hydrogens is 276 g/mol. The number of hydrogen-bond acceptors (Lipinski definition) is 3. The van der Waals surface area contributed by atoms with Gasteiger partial charge in [-0.2, -0.15) is 4.31 Å². The van der Waals surface area contributed by atoms with Gasteiger partial charge in [-0.3, -0.25) is 4.79 Å². The Morgan fingerprint density at radius 1 is 1.35 bits per heavy atom. The molecule has 0 radical (unpaired) electrons. The average Bonchev–Trinajstić information content (AvgIpc) is 2.80. The maximum absolute atomic E-state index is 12.4. The van der Waals surface area contributed by atoms with Crippen molar-refractivity contribution >= 4 is 21.6 Å². The van der Waals surface area contributed by atoms with Gasteiger partial charge in [0.15, 0.2) is 0 Å². The van der Waals surface area contributed by atoms with E-state index in [0.717, 1.165) is 11.3 Å². The third-order valence-electron chi connectivity index (χ3n) is 3.73. The van der Waals surface area contributed by atoms with E-state index in [1.54, 1.807) is 30.1 Å². The Hall–Kier alpha value is -1.40. The molecule has 20 heavy (non-hydrogen) atoms. The summed E-state index contributed by atoms with van der Waals surface area (Å²) in [5, 5.41) is 0. The number of anilines is 1. The normalized spacial score (nSPS) is 15.0. The number of carbonyl (C=O) groups excluding carboxylic acids is 1. The molecule has 0 bridgehead atoms. The zero-order valence-corrected chi connectivity index (χ0v) is 13.1. The van der Waals surface area contributed by atoms with Crippen LogP contribution < -0.4 is 4.90 Å². The molecule has 0 spiro atoms. The molecule has 1 aromatic rings. The molecule has 1 aromatic carbocycles. The maximum atomic E-state index is 12.4. The van der Waals surface area contributed by atoms with Gasteiger partial charge in [0.25, 0.3) is 0 Å². The maximum Gasteiger partial charge on any atom is 0.243 e. The van der Waals surface area contributed by atoms with E-state index >= 15 is 0 Å². The van der Waals surface area contributed by atoms with Crippen LogP contribution in [0.4, 0.5) is 5.69 Å². The minimum absolute atomic E-state index is 0.0151. The molecule has 0 unspecified atom stereocenters. The van der Waals surface area contributed by atoms with E-state index in [2.05, 4.69) is 0 Å². The molecule has 5 nitrogen and oxygen atoms in total. The molecule has 0 N–H and O–H groups in total. The van der Waals surface area contributed by atoms with E-state index in [0.29, 0.717) is 13.0 Å². The Bertz CT molecular complexity index is 638. The van der Waals surface area contributed by atoms with E-state index in [1.165, 1.54) is 11.2 Å². The van der Waals surface area contributed by atoms with Crippen LogP contribution in [0, 0.1) is 0 Å². The van der Waals surface area contributed by atoms with Gasteiger partial charge in [0.1, 0.15) is 0 Å². The lowest BCUT2D eigenvalue weighted by Crippen LogP contribution is -2.33. The number of amides is 1. The van der Waals surface area contributed by atoms with Gasteiger partial charge in [0.05, 0.1) is 4.90 Å². The molecule has 2 rings (SSSR count). The van der Waals surface area contributed by atoms with Crippen LogP contribution in [0.15, 0.2) is 23.1 Å². The first-order valence-electron chi connectivity index (χ1n) is 6.64. The van der Waals surface area contributed by atoms with Crippen molar-refractivity contribution in [1.29, 1.82) is 0 Å². The zero-order valence-electron chi connectivity index (χ0n) is 12.3. The molecule has 1 aliphatic heterocycles. The fourth-order valence-corrected chi connectivity index (χ4v) is 3.73. The molecule has 1 heterocycles. The van der Waals surface area contributed by atoms with E-state index in [4.69, 9.17) is 0 Å². The van der Waals surface area contributed by atoms with Crippen molar-refractivity contribution in [2.45, 2.75) is 38.1 Å². The molecule has 0 aromatic heterocycles. The first-order chi connectivity index (χ1) is 9.25. The fourth-order valence-electron chi connectivity index (χ4n) is 2.31. The average molecular weight is 296 g/mol. The van der Waals surface area contributed by atoms with E-state index < -0.39 is 10.0 Å². The first-order valence-corrected chi connectivity index (χ1v) is 8.08. The van der Waals surface area contributed by atoms with Crippen molar-refractivity contribution in [3.8, 4) is 0 Å². The second kappa shape index (κ2) is 5.18. The van der Waals surface area contributed by atoms with Gasteiger partial charge in [0, 0.05) is 32.2 Å². The standard InChI is InChI=1S/C14H20N2O3S/c1-10(2)15(4)20(18,19)13-5-6-14-12(9-13)7-8-16(14)11(3)17/h5-6,9-10H,7-8H2,1-4H3. The third kappa shape index (κ3) is 2.45. The summed E-state index contributed by atoms with van der Waals surface area (Å²) in [6.45, 7) is 5.81. The Kier molecular flexibility index (Phi) is 3.88. The summed E-state index contributed by atoms with van der Waals surface area (Å²) in [5.74, 6) is -0.0151. The third-order valence-corrected chi connectivity index (χ3v) is 5.76. The van der Waals surface area contributed by atoms with Crippen molar-refractivity contribution in [3.05, 3.63) is 23.8 Å². The minimum Gasteiger partial charge on any atom is -0.312 e. The molecule has 0 aliphatic carbocycles. The first kappa shape index (κ1) is 15.0. The van der Waals surface area contributed by atoms with Crippen molar-refractivity contribution in [1.82, 2.24) is 4.31 Å². The number of fused-ring (bicyclic) bond motifs is 1. The Morgan fingerprint density at radius 2 is 2.00 bits per heavy atom. The SMILES string of the molecule is CC(=O)N1CCc2cc(S(=O)(=O)N(C)C(C)C)ccc21. The summed E-state index contributed by atoms with van der Waals surface area (Å²) in [6.07, 6.45) is 0.698. The van der Waals surface area contributed by atoms with E-state index in [-0.39, 0.29) is 16.8 Å². The predicted octanol–water partition coefficient (Wildman–Crippen LogP) is 1.62. The van der Waals surface area contributed by atoms with Gasteiger partial charge in [-0.05, 0) is 44.0 Å². The van der Waals surface area contributed by atoms with Crippen LogP contribution in [0.5, 0.6) is 0 Å². The largest absolute Gasteiger partial charge is 0.312 e. The fraction of sp³-hybridized carbons (Fsp3) is 0.500. The van der Waals surface area contributed by atoms with Crippen molar-refractivity contribution in [2.24, 2.45) is 0 Å². The summed E-state index contributed by atoms with van der Waals surface area (Å²) in [4.78, 5) is 13.5. The molecule has 0 saturated carbocycles. The van der Waals surface area contributed by atoms with Gasteiger partial charge in [-0.25, -0.2) is 8.42 Å². The van der Waals surface area contributed by atoms with Crippen LogP contribution in [0.1, 0.15) is 26.3 Å². The molecule has 1 aliphatic rings. The summed E-state index contributed by atoms with van der Waals surface area (Å²) in [6, 6.07) is 4.90. The van der Waals surface area contributed by atoms with Crippen molar-refractivity contribution in [2.75, 3.05) is 18.5 Å². The highest BCUT2D eigenvalue weighted by Crippen LogP contribution is 2.31. The lowest BCUT2D eigenvalue weighted by atomic mass is 10.2. The van der Waals surface area contributed by atoms with Crippen LogP contribution >= 0.6 is 0 Å². The number of benzene rings is 1. The molecule has 6 heteroatoms. The lowest BCUT2D eigenvalue weighted by molar-refractivity contribution is -0.116. The van der Waals surface area contributed by atoms with Crippen molar-refractivity contribution < 1.29 is 13.2 Å². The van der Waals surface area contributed by atoms with Crippen molar-refractivity contribution in [3.63, 3.8) is 0 Å². The summed E-state index contributed by atoms with van der Waals surface area (Å²) in [5.41, 5.74) is 1.74. The minimum atomic E-state index is -3.47. The van der Waals surface area contributed by atoms with Gasteiger partial charge in [0.2, 0.25) is 15.9 Å². The number of carbonyl (C=O) groups is 1. The highest BCUT2D eigenvalue weighted by molar-refractivity contribution is 7.89. The number of nitrogens with zero attached hydrogens (tertiary/aromatic N) is 2. The van der Waals surface area contributed by atoms with E-state index in [9.17, 15) is 13.2 Å². The number of rotatable bonds is 3. The Morgan fingerprint density at radius 3 is 2.55 bits per heavy atom. The number of hydrogen-bond donors (Lipinski definition) is 0. The molecular formula is C14H20N2O3S. The number of sulfonamides is 1. The second-order valence-corrected chi connectivity index (χ2v) is 7.32. The summed E-state index contributed by atoms with van der Waals surface area (Å²) >= 11 is 0. The monoisotopic (exact) mass is 296 g/mol. The van der Waals surface area contributed by atoms with Crippen LogP contribution in [-0.2, 0) is 21.2 Å². The molecule has 1 amide bonds. The van der Waals surface area contributed by atoms with E-state index in [1.807, 2.05) is 13.8 Å². The van der Waals surface area contributed by atoms with Crippen LogP contribution in [-0.4, -0.2) is 38.3 Å². The van der Waals surface area contributed by atoms with Gasteiger partial charge < -0.3 is 4.90 Å². The van der Waals surface area contributed by atoms with Gasteiger partial charge in [-0.1, -0.05) is 0 Å². The quantitative estimate of drug-likeness (QED) is 0.851. The molecule has 0 saturated heterocycles. The van der Waals surface area contributed by atoms with Crippen LogP contribution in [0.2, 0.25) is 0 Å². The molecule has 0 fully saturated rings. The Balaban J connectivity index is 2.41. The molecule has 0 atom stereocenters. The summed E-state index contributed by atoms with van der Waals surface area (Å²) < 4.78 is 26.2. The second-order valence-electron chi connectivity index (χ2n) is 5.33. The van der Waals surface area contributed by atoms with Gasteiger partial charge >= 0.3 is 0 Å². The smallest absolute Gasteiger partial charge is 0.243 e. The van der Waals surface area contributed by atoms with Crippen LogP contribution in [0.3, 0.4) is 0 Å². The summed E-state index contributed by atoms with van der Waals surface area (Å²) in [7, 11) is -1.89. The van der Waals surface area contributed by atoms with Gasteiger partial charge in [-0.15, -0.1) is 0 Å². The highest BCUT2D eigenvalue weighted by Gasteiger charge is 2.27. The lowest BCUT2D eigenvalue weighted by Gasteiger charge is -2.21. The molecule has 110 valence electrons. The Labute approximate surface area is 120 Å². The zero-order chi connectivity index (χ0) is 15.1. The topological polar surface area (TPSA) is 57.7 Å². The van der Waals surface area contributed by atoms with Crippen LogP contribution in [0.25, 0.3) is 0 Å². The highest BCUT2D eigenvalue weighted by atomic mass is 32.2.